The van der Waals surface area contributed by atoms with Gasteiger partial charge in [-0.2, -0.15) is 17.2 Å². The zero-order valence-corrected chi connectivity index (χ0v) is 22.2. The number of rotatable bonds is 9. The number of alkyl halides is 2. The van der Waals surface area contributed by atoms with Crippen LogP contribution in [-0.2, 0) is 29.2 Å². The fourth-order valence-electron chi connectivity index (χ4n) is 4.40. The summed E-state index contributed by atoms with van der Waals surface area (Å²) in [6.07, 6.45) is 1.80. The van der Waals surface area contributed by atoms with Crippen LogP contribution in [0.3, 0.4) is 0 Å². The second kappa shape index (κ2) is 10.6. The first-order valence-corrected chi connectivity index (χ1v) is 12.9. The minimum atomic E-state index is -5.71. The van der Waals surface area contributed by atoms with Crippen molar-refractivity contribution in [1.82, 2.24) is 0 Å². The summed E-state index contributed by atoms with van der Waals surface area (Å²) >= 11 is 0. The molecule has 1 rings (SSSR count). The summed E-state index contributed by atoms with van der Waals surface area (Å²) in [5.41, 5.74) is -0.683. The molecule has 0 radical (unpaired) electrons. The normalized spacial score (nSPS) is 23.4. The Morgan fingerprint density at radius 1 is 1.21 bits per heavy atom. The topological polar surface area (TPSA) is 107 Å². The lowest BCUT2D eigenvalue weighted by atomic mass is 9.71. The van der Waals surface area contributed by atoms with E-state index in [0.29, 0.717) is 19.3 Å². The van der Waals surface area contributed by atoms with Crippen molar-refractivity contribution < 1.29 is 40.8 Å². The summed E-state index contributed by atoms with van der Waals surface area (Å²) in [5, 5.41) is -4.60. The standard InChI is InChI=1S/C24H40F2O7S/c1-16-11-17(2)13-23(12-16,10-9-19(27)32-15-24(25,26)34(29,30)31)33-20(28)18(22(6,7)8)14-21(3,4)5/h17-18H,1,9-15H2,2-8H3,(H,29,30,31). The van der Waals surface area contributed by atoms with Crippen LogP contribution in [0.4, 0.5) is 8.78 Å². The lowest BCUT2D eigenvalue weighted by Crippen LogP contribution is -2.45. The van der Waals surface area contributed by atoms with E-state index >= 15 is 0 Å². The van der Waals surface area contributed by atoms with Crippen LogP contribution in [0.2, 0.25) is 0 Å². The first-order valence-electron chi connectivity index (χ1n) is 11.5. The highest BCUT2D eigenvalue weighted by Gasteiger charge is 2.47. The largest absolute Gasteiger partial charge is 0.458 e. The number of carbonyl (C=O) groups excluding carboxylic acids is 2. The van der Waals surface area contributed by atoms with Gasteiger partial charge in [-0.3, -0.25) is 14.1 Å². The summed E-state index contributed by atoms with van der Waals surface area (Å²) in [6.45, 7) is 16.2. The molecule has 1 saturated carbocycles. The average Bonchev–Trinajstić information content (AvgIpc) is 2.59. The van der Waals surface area contributed by atoms with E-state index in [0.717, 1.165) is 12.0 Å². The molecule has 0 saturated heterocycles. The molecule has 34 heavy (non-hydrogen) atoms. The van der Waals surface area contributed by atoms with Crippen LogP contribution >= 0.6 is 0 Å². The Hall–Kier alpha value is -1.55. The predicted octanol–water partition coefficient (Wildman–Crippen LogP) is 5.55. The van der Waals surface area contributed by atoms with Crippen LogP contribution < -0.4 is 0 Å². The van der Waals surface area contributed by atoms with Gasteiger partial charge in [0, 0.05) is 12.8 Å². The summed E-state index contributed by atoms with van der Waals surface area (Å²) < 4.78 is 67.2. The van der Waals surface area contributed by atoms with Gasteiger partial charge in [-0.25, -0.2) is 0 Å². The van der Waals surface area contributed by atoms with E-state index in [1.807, 2.05) is 48.5 Å². The number of ether oxygens (including phenoxy) is 2. The molecule has 0 aromatic heterocycles. The van der Waals surface area contributed by atoms with Crippen LogP contribution in [-0.4, -0.2) is 42.4 Å². The molecule has 1 aliphatic rings. The molecule has 0 aliphatic heterocycles. The first kappa shape index (κ1) is 30.5. The summed E-state index contributed by atoms with van der Waals surface area (Å²) in [6, 6.07) is 0. The van der Waals surface area contributed by atoms with Crippen molar-refractivity contribution in [2.45, 2.75) is 97.8 Å². The van der Waals surface area contributed by atoms with Gasteiger partial charge >= 0.3 is 27.3 Å². The number of hydrogen-bond donors (Lipinski definition) is 1. The van der Waals surface area contributed by atoms with E-state index in [4.69, 9.17) is 9.29 Å². The van der Waals surface area contributed by atoms with Crippen LogP contribution in [0.15, 0.2) is 12.2 Å². The first-order chi connectivity index (χ1) is 15.1. The minimum Gasteiger partial charge on any atom is -0.458 e. The van der Waals surface area contributed by atoms with Crippen LogP contribution in [0.1, 0.15) is 87.0 Å². The molecule has 3 unspecified atom stereocenters. The molecule has 0 spiro atoms. The smallest absolute Gasteiger partial charge is 0.402 e. The van der Waals surface area contributed by atoms with Crippen molar-refractivity contribution in [3.63, 3.8) is 0 Å². The zero-order valence-electron chi connectivity index (χ0n) is 21.4. The molecular formula is C24H40F2O7S. The Labute approximate surface area is 202 Å². The van der Waals surface area contributed by atoms with Gasteiger partial charge in [0.15, 0.2) is 6.61 Å². The second-order valence-corrected chi connectivity index (χ2v) is 13.5. The maximum absolute atomic E-state index is 13.4. The third-order valence-corrected chi connectivity index (χ3v) is 6.83. The summed E-state index contributed by atoms with van der Waals surface area (Å²) in [4.78, 5) is 25.5. The van der Waals surface area contributed by atoms with Crippen molar-refractivity contribution in [3.8, 4) is 0 Å². The SMILES string of the molecule is C=C1CC(C)CC(CCC(=O)OCC(F)(F)S(=O)(=O)O)(OC(=O)C(CC(C)(C)C)C(C)(C)C)C1. The quantitative estimate of drug-likeness (QED) is 0.246. The van der Waals surface area contributed by atoms with Gasteiger partial charge in [-0.15, -0.1) is 0 Å². The van der Waals surface area contributed by atoms with Gasteiger partial charge in [0.1, 0.15) is 5.60 Å². The summed E-state index contributed by atoms with van der Waals surface area (Å²) in [7, 11) is -5.71. The molecule has 0 aromatic carbocycles. The molecule has 10 heteroatoms. The van der Waals surface area contributed by atoms with Crippen LogP contribution in [0, 0.1) is 22.7 Å². The van der Waals surface area contributed by atoms with E-state index in [2.05, 4.69) is 11.3 Å². The van der Waals surface area contributed by atoms with E-state index in [-0.39, 0.29) is 35.6 Å². The minimum absolute atomic E-state index is 0.0186. The Morgan fingerprint density at radius 2 is 1.76 bits per heavy atom. The second-order valence-electron chi connectivity index (χ2n) is 12.0. The van der Waals surface area contributed by atoms with Gasteiger partial charge in [-0.1, -0.05) is 60.6 Å². The molecule has 7 nitrogen and oxygen atoms in total. The Morgan fingerprint density at radius 3 is 2.21 bits per heavy atom. The molecule has 0 amide bonds. The van der Waals surface area contributed by atoms with Crippen LogP contribution in [0.25, 0.3) is 0 Å². The summed E-state index contributed by atoms with van der Waals surface area (Å²) in [5.74, 6) is -1.74. The number of esters is 2. The third-order valence-electron chi connectivity index (χ3n) is 5.96. The molecule has 0 heterocycles. The molecule has 0 bridgehead atoms. The van der Waals surface area contributed by atoms with Crippen molar-refractivity contribution in [1.29, 1.82) is 0 Å². The van der Waals surface area contributed by atoms with Crippen molar-refractivity contribution in [2.24, 2.45) is 22.7 Å². The fourth-order valence-corrected chi connectivity index (χ4v) is 4.61. The van der Waals surface area contributed by atoms with Crippen molar-refractivity contribution in [2.75, 3.05) is 6.61 Å². The highest BCUT2D eigenvalue weighted by Crippen LogP contribution is 2.44. The van der Waals surface area contributed by atoms with E-state index < -0.39 is 39.5 Å². The molecular weight excluding hydrogens is 470 g/mol. The number of hydrogen-bond acceptors (Lipinski definition) is 6. The van der Waals surface area contributed by atoms with E-state index in [9.17, 15) is 26.8 Å². The Kier molecular flexibility index (Phi) is 9.50. The molecule has 198 valence electrons. The highest BCUT2D eigenvalue weighted by atomic mass is 32.2. The van der Waals surface area contributed by atoms with Crippen molar-refractivity contribution >= 4 is 22.1 Å². The highest BCUT2D eigenvalue weighted by molar-refractivity contribution is 7.86. The molecule has 3 atom stereocenters. The van der Waals surface area contributed by atoms with Gasteiger partial charge in [-0.05, 0) is 42.4 Å². The third kappa shape index (κ3) is 9.24. The number of carbonyl (C=O) groups is 2. The fraction of sp³-hybridized carbons (Fsp3) is 0.833. The maximum Gasteiger partial charge on any atom is 0.402 e. The number of halogens is 2. The monoisotopic (exact) mass is 510 g/mol. The lowest BCUT2D eigenvalue weighted by Gasteiger charge is -2.43. The van der Waals surface area contributed by atoms with E-state index in [1.54, 1.807) is 0 Å². The molecule has 1 N–H and O–H groups in total. The molecule has 1 aliphatic carbocycles. The van der Waals surface area contributed by atoms with Gasteiger partial charge in [0.2, 0.25) is 0 Å². The maximum atomic E-state index is 13.4. The van der Waals surface area contributed by atoms with Gasteiger partial charge in [0.25, 0.3) is 0 Å². The van der Waals surface area contributed by atoms with Gasteiger partial charge < -0.3 is 9.47 Å². The van der Waals surface area contributed by atoms with Gasteiger partial charge in [0.05, 0.1) is 5.92 Å². The average molecular weight is 511 g/mol. The Bertz CT molecular complexity index is 869. The van der Waals surface area contributed by atoms with Crippen molar-refractivity contribution in [3.05, 3.63) is 12.2 Å². The van der Waals surface area contributed by atoms with E-state index in [1.165, 1.54) is 0 Å². The predicted molar refractivity (Wildman–Crippen MR) is 125 cm³/mol. The molecule has 1 fully saturated rings. The lowest BCUT2D eigenvalue weighted by molar-refractivity contribution is -0.176. The zero-order chi connectivity index (χ0) is 26.8. The molecule has 0 aromatic rings. The van der Waals surface area contributed by atoms with Crippen LogP contribution in [0.5, 0.6) is 0 Å². The Balaban J connectivity index is 3.05.